The fourth-order valence-electron chi connectivity index (χ4n) is 0.779. The molecule has 0 bridgehead atoms. The minimum absolute atomic E-state index is 0.120. The fourth-order valence-corrected chi connectivity index (χ4v) is 1.64. The van der Waals surface area contributed by atoms with Gasteiger partial charge in [0.05, 0.1) is 5.01 Å². The first-order valence-electron chi connectivity index (χ1n) is 3.58. The lowest BCUT2D eigenvalue weighted by Crippen LogP contribution is -2.07. The molecule has 60 valence electrons. The highest BCUT2D eigenvalue weighted by Gasteiger charge is 2.02. The second-order valence-corrected chi connectivity index (χ2v) is 4.07. The number of nitrogens with zero attached hydrogens (tertiary/aromatic N) is 1. The molecule has 0 fully saturated rings. The van der Waals surface area contributed by atoms with Crippen molar-refractivity contribution in [3.63, 3.8) is 0 Å². The number of hydrogen-bond donors (Lipinski definition) is 0. The van der Waals surface area contributed by atoms with Gasteiger partial charge in [-0.05, 0) is 6.92 Å². The van der Waals surface area contributed by atoms with Gasteiger partial charge in [0.15, 0.2) is 0 Å². The summed E-state index contributed by atoms with van der Waals surface area (Å²) in [5.41, 5.74) is -0.120. The third kappa shape index (κ3) is 2.12. The smallest absolute Gasteiger partial charge is 0.267 e. The van der Waals surface area contributed by atoms with Crippen LogP contribution in [0.25, 0.3) is 0 Å². The first kappa shape index (κ1) is 8.40. The summed E-state index contributed by atoms with van der Waals surface area (Å²) in [5, 5.41) is 0.926. The molecule has 1 rings (SSSR count). The van der Waals surface area contributed by atoms with Crippen LogP contribution in [-0.4, -0.2) is 4.98 Å². The molecule has 3 heteroatoms. The van der Waals surface area contributed by atoms with E-state index in [-0.39, 0.29) is 5.56 Å². The Bertz CT molecular complexity index is 303. The van der Waals surface area contributed by atoms with Gasteiger partial charge in [0.25, 0.3) is 5.56 Å². The van der Waals surface area contributed by atoms with E-state index in [4.69, 9.17) is 0 Å². The van der Waals surface area contributed by atoms with Gasteiger partial charge in [-0.2, -0.15) is 0 Å². The highest BCUT2D eigenvalue weighted by molar-refractivity contribution is 7.11. The van der Waals surface area contributed by atoms with Crippen molar-refractivity contribution < 1.29 is 0 Å². The topological polar surface area (TPSA) is 30.0 Å². The van der Waals surface area contributed by atoms with Crippen molar-refractivity contribution >= 4 is 11.3 Å². The predicted octanol–water partition coefficient (Wildman–Crippen LogP) is 1.94. The summed E-state index contributed by atoms with van der Waals surface area (Å²) in [7, 11) is 0. The first-order valence-corrected chi connectivity index (χ1v) is 4.40. The molecular weight excluding hydrogens is 158 g/mol. The monoisotopic (exact) mass is 169 g/mol. The van der Waals surface area contributed by atoms with Gasteiger partial charge in [-0.15, -0.1) is 11.3 Å². The van der Waals surface area contributed by atoms with Crippen LogP contribution < -0.4 is 5.56 Å². The summed E-state index contributed by atoms with van der Waals surface area (Å²) in [5.74, 6) is 0.354. The zero-order valence-corrected chi connectivity index (χ0v) is 7.73. The van der Waals surface area contributed by atoms with Gasteiger partial charge in [-0.1, -0.05) is 13.8 Å². The molecule has 0 unspecified atom stereocenters. The third-order valence-electron chi connectivity index (χ3n) is 1.31. The average molecular weight is 169 g/mol. The van der Waals surface area contributed by atoms with Gasteiger partial charge in [-0.25, -0.2) is 4.98 Å². The second-order valence-electron chi connectivity index (χ2n) is 2.80. The SMILES string of the molecule is Cc1cc(=O)nc(C(C)C)s1. The molecule has 0 aliphatic rings. The van der Waals surface area contributed by atoms with E-state index < -0.39 is 0 Å². The number of hydrogen-bond acceptors (Lipinski definition) is 3. The molecule has 0 atom stereocenters. The van der Waals surface area contributed by atoms with Gasteiger partial charge in [0, 0.05) is 16.9 Å². The summed E-state index contributed by atoms with van der Waals surface area (Å²) in [4.78, 5) is 15.8. The molecule has 0 aliphatic heterocycles. The maximum absolute atomic E-state index is 10.9. The van der Waals surface area contributed by atoms with Crippen LogP contribution >= 0.6 is 11.3 Å². The predicted molar refractivity (Wildman–Crippen MR) is 47.2 cm³/mol. The number of aromatic nitrogens is 1. The van der Waals surface area contributed by atoms with E-state index in [0.29, 0.717) is 5.92 Å². The van der Waals surface area contributed by atoms with Crippen LogP contribution in [0, 0.1) is 6.92 Å². The van der Waals surface area contributed by atoms with Gasteiger partial charge >= 0.3 is 0 Å². The minimum atomic E-state index is -0.120. The largest absolute Gasteiger partial charge is 0.271 e. The zero-order chi connectivity index (χ0) is 8.43. The van der Waals surface area contributed by atoms with Crippen LogP contribution in [0.1, 0.15) is 29.7 Å². The molecule has 11 heavy (non-hydrogen) atoms. The molecule has 0 N–H and O–H groups in total. The Morgan fingerprint density at radius 3 is 2.64 bits per heavy atom. The van der Waals surface area contributed by atoms with E-state index >= 15 is 0 Å². The molecule has 0 saturated carbocycles. The molecule has 2 nitrogen and oxygen atoms in total. The van der Waals surface area contributed by atoms with Gasteiger partial charge in [0.1, 0.15) is 0 Å². The van der Waals surface area contributed by atoms with Crippen LogP contribution in [0.15, 0.2) is 10.9 Å². The Morgan fingerprint density at radius 1 is 1.55 bits per heavy atom. The Balaban J connectivity index is 3.19. The summed E-state index contributed by atoms with van der Waals surface area (Å²) in [6.07, 6.45) is 0. The zero-order valence-electron chi connectivity index (χ0n) is 6.92. The van der Waals surface area contributed by atoms with Crippen molar-refractivity contribution in [3.05, 3.63) is 26.3 Å². The highest BCUT2D eigenvalue weighted by atomic mass is 32.1. The van der Waals surface area contributed by atoms with Crippen molar-refractivity contribution in [2.75, 3.05) is 0 Å². The van der Waals surface area contributed by atoms with E-state index in [1.165, 1.54) is 0 Å². The number of rotatable bonds is 1. The minimum Gasteiger partial charge on any atom is -0.267 e. The van der Waals surface area contributed by atoms with Crippen molar-refractivity contribution in [3.8, 4) is 0 Å². The van der Waals surface area contributed by atoms with E-state index in [1.807, 2.05) is 20.8 Å². The van der Waals surface area contributed by atoms with Gasteiger partial charge in [-0.3, -0.25) is 4.79 Å². The van der Waals surface area contributed by atoms with Crippen LogP contribution in [0.3, 0.4) is 0 Å². The van der Waals surface area contributed by atoms with Gasteiger partial charge < -0.3 is 0 Å². The Morgan fingerprint density at radius 2 is 2.18 bits per heavy atom. The lowest BCUT2D eigenvalue weighted by molar-refractivity contribution is 0.841. The van der Waals surface area contributed by atoms with Crippen LogP contribution in [0.4, 0.5) is 0 Å². The fraction of sp³-hybridized carbons (Fsp3) is 0.500. The van der Waals surface area contributed by atoms with Crippen LogP contribution in [0.2, 0.25) is 0 Å². The van der Waals surface area contributed by atoms with E-state index in [2.05, 4.69) is 4.98 Å². The molecule has 0 spiro atoms. The highest BCUT2D eigenvalue weighted by Crippen LogP contribution is 2.16. The van der Waals surface area contributed by atoms with E-state index in [0.717, 1.165) is 9.88 Å². The summed E-state index contributed by atoms with van der Waals surface area (Å²) < 4.78 is 0. The van der Waals surface area contributed by atoms with Crippen LogP contribution in [0.5, 0.6) is 0 Å². The maximum Gasteiger partial charge on any atom is 0.271 e. The Labute approximate surface area is 69.9 Å². The van der Waals surface area contributed by atoms with E-state index in [1.54, 1.807) is 17.4 Å². The maximum atomic E-state index is 10.9. The van der Waals surface area contributed by atoms with E-state index in [9.17, 15) is 4.79 Å². The van der Waals surface area contributed by atoms with Crippen molar-refractivity contribution in [2.24, 2.45) is 0 Å². The Kier molecular flexibility index (Phi) is 2.39. The normalized spacial score (nSPS) is 10.5. The quantitative estimate of drug-likeness (QED) is 0.643. The molecule has 0 saturated heterocycles. The number of aryl methyl sites for hydroxylation is 1. The average Bonchev–Trinajstić information content (AvgIpc) is 1.85. The molecule has 1 heterocycles. The second kappa shape index (κ2) is 3.13. The molecular formula is C8H11NOS. The van der Waals surface area contributed by atoms with Crippen molar-refractivity contribution in [1.29, 1.82) is 0 Å². The lowest BCUT2D eigenvalue weighted by atomic mass is 10.2. The molecule has 0 aromatic carbocycles. The molecule has 0 amide bonds. The molecule has 1 aromatic heterocycles. The van der Waals surface area contributed by atoms with Gasteiger partial charge in [0.2, 0.25) is 0 Å². The first-order chi connectivity index (χ1) is 5.09. The van der Waals surface area contributed by atoms with Crippen molar-refractivity contribution in [1.82, 2.24) is 4.98 Å². The molecule has 1 aromatic rings. The molecule has 0 aliphatic carbocycles. The third-order valence-corrected chi connectivity index (χ3v) is 2.52. The summed E-state index contributed by atoms with van der Waals surface area (Å²) >= 11 is 1.59. The Hall–Kier alpha value is -0.700. The molecule has 0 radical (unpaired) electrons. The van der Waals surface area contributed by atoms with Crippen LogP contribution in [-0.2, 0) is 0 Å². The van der Waals surface area contributed by atoms with Crippen molar-refractivity contribution in [2.45, 2.75) is 26.7 Å². The standard InChI is InChI=1S/C8H11NOS/c1-5(2)8-9-7(10)4-6(3)11-8/h4-5H,1-3H3. The summed E-state index contributed by atoms with van der Waals surface area (Å²) in [6, 6.07) is 1.57. The summed E-state index contributed by atoms with van der Waals surface area (Å²) in [6.45, 7) is 6.01. The lowest BCUT2D eigenvalue weighted by Gasteiger charge is -2.01.